The second kappa shape index (κ2) is 11.7. The molecule has 0 bridgehead atoms. The van der Waals surface area contributed by atoms with Crippen molar-refractivity contribution in [1.29, 1.82) is 0 Å². The predicted octanol–water partition coefficient (Wildman–Crippen LogP) is 2.90. The van der Waals surface area contributed by atoms with Crippen molar-refractivity contribution in [3.8, 4) is 11.5 Å². The fourth-order valence-electron chi connectivity index (χ4n) is 3.31. The molecule has 0 spiro atoms. The first-order chi connectivity index (χ1) is 13.7. The number of carbonyl (C=O) groups excluding carboxylic acids is 1. The molecule has 2 unspecified atom stereocenters. The maximum Gasteiger partial charge on any atom is 0.222 e. The van der Waals surface area contributed by atoms with Gasteiger partial charge in [0.1, 0.15) is 11.5 Å². The predicted molar refractivity (Wildman–Crippen MR) is 115 cm³/mol. The highest BCUT2D eigenvalue weighted by Gasteiger charge is 2.20. The zero-order chi connectivity index (χ0) is 19.8. The number of carbonyl (C=O) groups is 1. The van der Waals surface area contributed by atoms with Gasteiger partial charge in [-0.05, 0) is 41.8 Å². The quantitative estimate of drug-likeness (QED) is 0.687. The number of benzene rings is 2. The van der Waals surface area contributed by atoms with Crippen molar-refractivity contribution in [1.82, 2.24) is 10.6 Å². The van der Waals surface area contributed by atoms with E-state index in [4.69, 9.17) is 14.2 Å². The van der Waals surface area contributed by atoms with Crippen molar-refractivity contribution in [3.05, 3.63) is 59.7 Å². The van der Waals surface area contributed by atoms with E-state index in [9.17, 15) is 4.79 Å². The van der Waals surface area contributed by atoms with E-state index in [0.717, 1.165) is 29.2 Å². The highest BCUT2D eigenvalue weighted by atomic mass is 35.5. The van der Waals surface area contributed by atoms with E-state index in [1.807, 2.05) is 48.5 Å². The fraction of sp³-hybridized carbons (Fsp3) is 0.409. The van der Waals surface area contributed by atoms with E-state index in [1.54, 1.807) is 14.2 Å². The molecule has 0 saturated carbocycles. The molecule has 2 aromatic carbocycles. The summed E-state index contributed by atoms with van der Waals surface area (Å²) in [5.41, 5.74) is 2.17. The second-order valence-electron chi connectivity index (χ2n) is 6.88. The average Bonchev–Trinajstić information content (AvgIpc) is 2.74. The van der Waals surface area contributed by atoms with Crippen LogP contribution in [-0.2, 0) is 16.0 Å². The number of morpholine rings is 1. The Morgan fingerprint density at radius 1 is 1.10 bits per heavy atom. The van der Waals surface area contributed by atoms with Crippen molar-refractivity contribution >= 4 is 18.3 Å². The van der Waals surface area contributed by atoms with E-state index >= 15 is 0 Å². The van der Waals surface area contributed by atoms with Gasteiger partial charge in [0.05, 0.1) is 33.5 Å². The summed E-state index contributed by atoms with van der Waals surface area (Å²) >= 11 is 0. The Hall–Kier alpha value is -2.28. The van der Waals surface area contributed by atoms with Crippen LogP contribution in [0.1, 0.15) is 23.6 Å². The van der Waals surface area contributed by atoms with Crippen LogP contribution >= 0.6 is 12.4 Å². The van der Waals surface area contributed by atoms with Gasteiger partial charge in [0.2, 0.25) is 5.91 Å². The molecule has 2 N–H and O–H groups in total. The number of halogens is 1. The van der Waals surface area contributed by atoms with Gasteiger partial charge in [-0.3, -0.25) is 4.79 Å². The molecule has 1 aliphatic rings. The number of nitrogens with one attached hydrogen (secondary N) is 2. The van der Waals surface area contributed by atoms with Crippen molar-refractivity contribution in [3.63, 3.8) is 0 Å². The molecule has 2 aromatic rings. The number of ether oxygens (including phenoxy) is 3. The first-order valence-corrected chi connectivity index (χ1v) is 9.55. The molecule has 158 valence electrons. The minimum absolute atomic E-state index is 0. The summed E-state index contributed by atoms with van der Waals surface area (Å²) in [5, 5.41) is 6.51. The van der Waals surface area contributed by atoms with Crippen LogP contribution in [0.2, 0.25) is 0 Å². The van der Waals surface area contributed by atoms with Gasteiger partial charge in [-0.15, -0.1) is 12.4 Å². The molecular formula is C22H29ClN2O4. The van der Waals surface area contributed by atoms with Crippen LogP contribution in [0.5, 0.6) is 11.5 Å². The molecule has 1 amide bonds. The molecule has 3 rings (SSSR count). The normalized spacial score (nSPS) is 17.0. The van der Waals surface area contributed by atoms with Crippen molar-refractivity contribution in [2.24, 2.45) is 0 Å². The molecular weight excluding hydrogens is 392 g/mol. The molecule has 1 aliphatic heterocycles. The minimum atomic E-state index is -0.128. The van der Waals surface area contributed by atoms with Gasteiger partial charge in [-0.25, -0.2) is 0 Å². The lowest BCUT2D eigenvalue weighted by atomic mass is 9.98. The first-order valence-electron chi connectivity index (χ1n) is 9.55. The van der Waals surface area contributed by atoms with Gasteiger partial charge in [0.25, 0.3) is 0 Å². The van der Waals surface area contributed by atoms with Crippen LogP contribution in [0, 0.1) is 0 Å². The van der Waals surface area contributed by atoms with Gasteiger partial charge in [-0.1, -0.05) is 24.3 Å². The van der Waals surface area contributed by atoms with Crippen molar-refractivity contribution in [2.45, 2.75) is 24.9 Å². The van der Waals surface area contributed by atoms with Crippen molar-refractivity contribution < 1.29 is 19.0 Å². The van der Waals surface area contributed by atoms with E-state index in [0.29, 0.717) is 26.1 Å². The maximum absolute atomic E-state index is 12.7. The van der Waals surface area contributed by atoms with E-state index in [2.05, 4.69) is 10.6 Å². The Bertz CT molecular complexity index is 746. The summed E-state index contributed by atoms with van der Waals surface area (Å²) < 4.78 is 15.9. The Morgan fingerprint density at radius 2 is 1.72 bits per heavy atom. The highest BCUT2D eigenvalue weighted by Crippen LogP contribution is 2.23. The van der Waals surface area contributed by atoms with Gasteiger partial charge < -0.3 is 24.8 Å². The van der Waals surface area contributed by atoms with Crippen LogP contribution in [0.4, 0.5) is 0 Å². The smallest absolute Gasteiger partial charge is 0.222 e. The molecule has 1 heterocycles. The van der Waals surface area contributed by atoms with Gasteiger partial charge in [-0.2, -0.15) is 0 Å². The van der Waals surface area contributed by atoms with Crippen LogP contribution < -0.4 is 20.1 Å². The molecule has 0 aliphatic carbocycles. The van der Waals surface area contributed by atoms with E-state index in [-0.39, 0.29) is 30.4 Å². The van der Waals surface area contributed by atoms with E-state index < -0.39 is 0 Å². The van der Waals surface area contributed by atoms with E-state index in [1.165, 1.54) is 0 Å². The summed E-state index contributed by atoms with van der Waals surface area (Å²) in [5.74, 6) is 1.62. The summed E-state index contributed by atoms with van der Waals surface area (Å²) in [6.07, 6.45) is 1.09. The number of hydrogen-bond acceptors (Lipinski definition) is 5. The Balaban J connectivity index is 0.00000300. The molecule has 6 nitrogen and oxygen atoms in total. The SMILES string of the molecule is COc1ccc(CC(NC(=O)CC2COCCN2)c2ccc(OC)cc2)cc1.Cl. The number of methoxy groups -OCH3 is 2. The lowest BCUT2D eigenvalue weighted by Crippen LogP contribution is -2.44. The summed E-state index contributed by atoms with van der Waals surface area (Å²) in [7, 11) is 3.29. The van der Waals surface area contributed by atoms with Crippen LogP contribution in [-0.4, -0.2) is 45.9 Å². The molecule has 2 atom stereocenters. The molecule has 0 aromatic heterocycles. The van der Waals surface area contributed by atoms with Crippen LogP contribution in [0.25, 0.3) is 0 Å². The highest BCUT2D eigenvalue weighted by molar-refractivity contribution is 5.85. The lowest BCUT2D eigenvalue weighted by Gasteiger charge is -2.25. The molecule has 7 heteroatoms. The molecule has 1 fully saturated rings. The summed E-state index contributed by atoms with van der Waals surface area (Å²) in [6.45, 7) is 2.05. The zero-order valence-corrected chi connectivity index (χ0v) is 17.7. The van der Waals surface area contributed by atoms with Crippen LogP contribution in [0.3, 0.4) is 0 Å². The Morgan fingerprint density at radius 3 is 2.28 bits per heavy atom. The standard InChI is InChI=1S/C22H28N2O4.ClH/c1-26-19-7-3-16(4-8-19)13-21(17-5-9-20(27-2)10-6-17)24-22(25)14-18-15-28-12-11-23-18;/h3-10,18,21,23H,11-15H2,1-2H3,(H,24,25);1H. The van der Waals surface area contributed by atoms with Crippen molar-refractivity contribution in [2.75, 3.05) is 34.0 Å². The van der Waals surface area contributed by atoms with Crippen LogP contribution in [0.15, 0.2) is 48.5 Å². The van der Waals surface area contributed by atoms with Gasteiger partial charge >= 0.3 is 0 Å². The second-order valence-corrected chi connectivity index (χ2v) is 6.88. The first kappa shape index (κ1) is 23.0. The molecule has 29 heavy (non-hydrogen) atoms. The summed E-state index contributed by atoms with van der Waals surface area (Å²) in [6, 6.07) is 15.7. The third-order valence-electron chi connectivity index (χ3n) is 4.88. The Labute approximate surface area is 178 Å². The average molecular weight is 421 g/mol. The maximum atomic E-state index is 12.7. The van der Waals surface area contributed by atoms with Gasteiger partial charge in [0, 0.05) is 19.0 Å². The molecule has 0 radical (unpaired) electrons. The number of amides is 1. The lowest BCUT2D eigenvalue weighted by molar-refractivity contribution is -0.123. The van der Waals surface area contributed by atoms with Gasteiger partial charge in [0.15, 0.2) is 0 Å². The third kappa shape index (κ3) is 6.92. The topological polar surface area (TPSA) is 68.8 Å². The Kier molecular flexibility index (Phi) is 9.25. The summed E-state index contributed by atoms with van der Waals surface area (Å²) in [4.78, 5) is 12.7. The largest absolute Gasteiger partial charge is 0.497 e. The third-order valence-corrected chi connectivity index (χ3v) is 4.88. The zero-order valence-electron chi connectivity index (χ0n) is 16.9. The molecule has 1 saturated heterocycles. The fourth-order valence-corrected chi connectivity index (χ4v) is 3.31. The minimum Gasteiger partial charge on any atom is -0.497 e. The number of hydrogen-bond donors (Lipinski definition) is 2. The monoisotopic (exact) mass is 420 g/mol. The number of rotatable bonds is 8.